The van der Waals surface area contributed by atoms with Gasteiger partial charge in [0.25, 0.3) is 0 Å². The maximum absolute atomic E-state index is 6.30. The molecule has 0 amide bonds. The Morgan fingerprint density at radius 2 is 2.11 bits per heavy atom. The Labute approximate surface area is 123 Å². The van der Waals surface area contributed by atoms with E-state index >= 15 is 0 Å². The summed E-state index contributed by atoms with van der Waals surface area (Å²) in [6.45, 7) is 5.52. The van der Waals surface area contributed by atoms with E-state index in [0.717, 1.165) is 28.6 Å². The molecule has 0 aliphatic rings. The van der Waals surface area contributed by atoms with E-state index in [4.69, 9.17) is 11.6 Å². The third-order valence-electron chi connectivity index (χ3n) is 3.01. The third kappa shape index (κ3) is 3.07. The van der Waals surface area contributed by atoms with Crippen molar-refractivity contribution in [2.24, 2.45) is 0 Å². The van der Waals surface area contributed by atoms with Gasteiger partial charge in [-0.25, -0.2) is 0 Å². The number of aryl methyl sites for hydroxylation is 2. The van der Waals surface area contributed by atoms with E-state index in [1.165, 1.54) is 4.90 Å². The molecule has 1 heterocycles. The molecule has 1 aromatic heterocycles. The molecular weight excluding hydrogens is 278 g/mol. The first-order chi connectivity index (χ1) is 9.17. The van der Waals surface area contributed by atoms with E-state index in [1.54, 1.807) is 11.8 Å². The fourth-order valence-electron chi connectivity index (χ4n) is 2.01. The van der Waals surface area contributed by atoms with Gasteiger partial charge in [-0.05, 0) is 32.2 Å². The summed E-state index contributed by atoms with van der Waals surface area (Å²) in [4.78, 5) is 1.23. The lowest BCUT2D eigenvalue weighted by Crippen LogP contribution is -2.08. The fourth-order valence-corrected chi connectivity index (χ4v) is 2.78. The minimum Gasteiger partial charge on any atom is -0.378 e. The Balaban J connectivity index is 2.19. The second kappa shape index (κ2) is 6.35. The summed E-state index contributed by atoms with van der Waals surface area (Å²) in [5.41, 5.74) is 3.06. The summed E-state index contributed by atoms with van der Waals surface area (Å²) in [5, 5.41) is 8.63. The SMILES string of the molecule is CCn1nc(C)c(Cl)c1CNc1ccccc1SC. The molecule has 102 valence electrons. The van der Waals surface area contributed by atoms with E-state index in [1.807, 2.05) is 23.7 Å². The molecule has 0 saturated carbocycles. The number of para-hydroxylation sites is 1. The van der Waals surface area contributed by atoms with Gasteiger partial charge in [-0.2, -0.15) is 5.10 Å². The van der Waals surface area contributed by atoms with Crippen LogP contribution < -0.4 is 5.32 Å². The average molecular weight is 296 g/mol. The molecule has 1 aromatic carbocycles. The van der Waals surface area contributed by atoms with Crippen LogP contribution in [0.15, 0.2) is 29.2 Å². The van der Waals surface area contributed by atoms with Crippen molar-refractivity contribution in [1.29, 1.82) is 0 Å². The summed E-state index contributed by atoms with van der Waals surface area (Å²) < 4.78 is 1.95. The van der Waals surface area contributed by atoms with Crippen LogP contribution in [0.1, 0.15) is 18.3 Å². The van der Waals surface area contributed by atoms with Gasteiger partial charge in [-0.3, -0.25) is 4.68 Å². The zero-order valence-electron chi connectivity index (χ0n) is 11.4. The van der Waals surface area contributed by atoms with Crippen LogP contribution in [0.2, 0.25) is 5.02 Å². The third-order valence-corrected chi connectivity index (χ3v) is 4.29. The highest BCUT2D eigenvalue weighted by atomic mass is 35.5. The van der Waals surface area contributed by atoms with Gasteiger partial charge in [0.2, 0.25) is 0 Å². The quantitative estimate of drug-likeness (QED) is 0.839. The largest absolute Gasteiger partial charge is 0.378 e. The summed E-state index contributed by atoms with van der Waals surface area (Å²) in [6, 6.07) is 8.27. The van der Waals surface area contributed by atoms with Crippen molar-refractivity contribution in [3.63, 3.8) is 0 Å². The molecule has 0 bridgehead atoms. The van der Waals surface area contributed by atoms with E-state index in [2.05, 4.69) is 35.7 Å². The Bertz CT molecular complexity index is 566. The zero-order valence-corrected chi connectivity index (χ0v) is 13.0. The molecule has 2 aromatic rings. The fraction of sp³-hybridized carbons (Fsp3) is 0.357. The van der Waals surface area contributed by atoms with E-state index in [-0.39, 0.29) is 0 Å². The van der Waals surface area contributed by atoms with Gasteiger partial charge in [-0.15, -0.1) is 11.8 Å². The highest BCUT2D eigenvalue weighted by Crippen LogP contribution is 2.26. The normalized spacial score (nSPS) is 10.7. The molecule has 5 heteroatoms. The van der Waals surface area contributed by atoms with Gasteiger partial charge in [0.15, 0.2) is 0 Å². The van der Waals surface area contributed by atoms with E-state index in [0.29, 0.717) is 6.54 Å². The van der Waals surface area contributed by atoms with E-state index in [9.17, 15) is 0 Å². The molecule has 0 spiro atoms. The first-order valence-corrected chi connectivity index (χ1v) is 7.86. The second-order valence-corrected chi connectivity index (χ2v) is 5.44. The molecule has 0 aliphatic heterocycles. The monoisotopic (exact) mass is 295 g/mol. The molecular formula is C14H18ClN3S. The maximum Gasteiger partial charge on any atom is 0.0865 e. The number of hydrogen-bond donors (Lipinski definition) is 1. The zero-order chi connectivity index (χ0) is 13.8. The second-order valence-electron chi connectivity index (χ2n) is 4.22. The van der Waals surface area contributed by atoms with Crippen LogP contribution in [0.4, 0.5) is 5.69 Å². The Kier molecular flexibility index (Phi) is 4.77. The molecule has 0 fully saturated rings. The number of nitrogens with zero attached hydrogens (tertiary/aromatic N) is 2. The van der Waals surface area contributed by atoms with Crippen molar-refractivity contribution in [2.75, 3.05) is 11.6 Å². The molecule has 0 saturated heterocycles. The van der Waals surface area contributed by atoms with Crippen LogP contribution in [-0.2, 0) is 13.1 Å². The topological polar surface area (TPSA) is 29.9 Å². The van der Waals surface area contributed by atoms with Gasteiger partial charge in [0.05, 0.1) is 23.0 Å². The van der Waals surface area contributed by atoms with Gasteiger partial charge in [0, 0.05) is 17.1 Å². The van der Waals surface area contributed by atoms with Gasteiger partial charge < -0.3 is 5.32 Å². The van der Waals surface area contributed by atoms with Gasteiger partial charge >= 0.3 is 0 Å². The Hall–Kier alpha value is -1.13. The molecule has 3 nitrogen and oxygen atoms in total. The van der Waals surface area contributed by atoms with Crippen molar-refractivity contribution in [1.82, 2.24) is 9.78 Å². The molecule has 2 rings (SSSR count). The lowest BCUT2D eigenvalue weighted by atomic mass is 10.3. The highest BCUT2D eigenvalue weighted by molar-refractivity contribution is 7.98. The summed E-state index contributed by atoms with van der Waals surface area (Å²) >= 11 is 8.04. The lowest BCUT2D eigenvalue weighted by molar-refractivity contribution is 0.623. The maximum atomic E-state index is 6.30. The predicted molar refractivity (Wildman–Crippen MR) is 83.2 cm³/mol. The summed E-state index contributed by atoms with van der Waals surface area (Å²) in [6.07, 6.45) is 2.08. The minimum atomic E-state index is 0.686. The minimum absolute atomic E-state index is 0.686. The summed E-state index contributed by atoms with van der Waals surface area (Å²) in [7, 11) is 0. The standard InChI is InChI=1S/C14H18ClN3S/c1-4-18-12(14(15)10(2)17-18)9-16-11-7-5-6-8-13(11)19-3/h5-8,16H,4,9H2,1-3H3. The van der Waals surface area contributed by atoms with Crippen molar-refractivity contribution in [2.45, 2.75) is 31.8 Å². The number of anilines is 1. The smallest absolute Gasteiger partial charge is 0.0865 e. The van der Waals surface area contributed by atoms with Crippen molar-refractivity contribution >= 4 is 29.1 Å². The van der Waals surface area contributed by atoms with Crippen LogP contribution in [0.25, 0.3) is 0 Å². The number of rotatable bonds is 5. The highest BCUT2D eigenvalue weighted by Gasteiger charge is 2.12. The number of nitrogens with one attached hydrogen (secondary N) is 1. The number of aromatic nitrogens is 2. The molecule has 0 aliphatic carbocycles. The lowest BCUT2D eigenvalue weighted by Gasteiger charge is -2.11. The molecule has 0 atom stereocenters. The van der Waals surface area contributed by atoms with Crippen LogP contribution in [0.3, 0.4) is 0 Å². The average Bonchev–Trinajstić information content (AvgIpc) is 2.72. The summed E-state index contributed by atoms with van der Waals surface area (Å²) in [5.74, 6) is 0. The Morgan fingerprint density at radius 1 is 1.37 bits per heavy atom. The van der Waals surface area contributed by atoms with Gasteiger partial charge in [0.1, 0.15) is 0 Å². The number of thioether (sulfide) groups is 1. The first kappa shape index (κ1) is 14.3. The number of benzene rings is 1. The molecule has 1 N–H and O–H groups in total. The first-order valence-electron chi connectivity index (χ1n) is 6.26. The molecule has 0 radical (unpaired) electrons. The predicted octanol–water partition coefficient (Wildman–Crippen LogP) is 4.20. The van der Waals surface area contributed by atoms with Crippen molar-refractivity contribution in [3.8, 4) is 0 Å². The van der Waals surface area contributed by atoms with Crippen molar-refractivity contribution in [3.05, 3.63) is 40.7 Å². The number of hydrogen-bond acceptors (Lipinski definition) is 3. The van der Waals surface area contributed by atoms with Crippen LogP contribution in [0, 0.1) is 6.92 Å². The van der Waals surface area contributed by atoms with Crippen LogP contribution >= 0.6 is 23.4 Å². The molecule has 19 heavy (non-hydrogen) atoms. The van der Waals surface area contributed by atoms with Crippen LogP contribution in [0.5, 0.6) is 0 Å². The van der Waals surface area contributed by atoms with E-state index < -0.39 is 0 Å². The van der Waals surface area contributed by atoms with Crippen molar-refractivity contribution < 1.29 is 0 Å². The Morgan fingerprint density at radius 3 is 2.79 bits per heavy atom. The van der Waals surface area contributed by atoms with Gasteiger partial charge in [-0.1, -0.05) is 23.7 Å². The van der Waals surface area contributed by atoms with Crippen LogP contribution in [-0.4, -0.2) is 16.0 Å². The molecule has 0 unspecified atom stereocenters. The number of halogens is 1.